The smallest absolute Gasteiger partial charge is 0.251 e. The molecule has 3 aromatic carbocycles. The molecule has 42 heavy (non-hydrogen) atoms. The molecule has 0 radical (unpaired) electrons. The zero-order chi connectivity index (χ0) is 30.0. The first kappa shape index (κ1) is 31.2. The number of fused-ring (bicyclic) bond motifs is 1. The molecule has 9 nitrogen and oxygen atoms in total. The Kier molecular flexibility index (Phi) is 11.1. The molecule has 0 fully saturated rings. The second-order valence-electron chi connectivity index (χ2n) is 10.6. The van der Waals surface area contributed by atoms with Crippen molar-refractivity contribution in [1.29, 1.82) is 0 Å². The van der Waals surface area contributed by atoms with Gasteiger partial charge in [0.2, 0.25) is 15.9 Å². The van der Waals surface area contributed by atoms with E-state index in [0.717, 1.165) is 36.0 Å². The molecule has 0 aromatic heterocycles. The number of hydrogen-bond donors (Lipinski definition) is 2. The molecular formula is C32H40N4O5S. The van der Waals surface area contributed by atoms with Crippen LogP contribution in [0.15, 0.2) is 77.7 Å². The maximum Gasteiger partial charge on any atom is 0.251 e. The van der Waals surface area contributed by atoms with Crippen LogP contribution in [-0.2, 0) is 34.3 Å². The van der Waals surface area contributed by atoms with Gasteiger partial charge in [-0.3, -0.25) is 14.5 Å². The summed E-state index contributed by atoms with van der Waals surface area (Å²) >= 11 is 0. The number of nitrogens with zero attached hydrogens (tertiary/aromatic N) is 2. The lowest BCUT2D eigenvalue weighted by Gasteiger charge is -2.24. The molecule has 0 aliphatic carbocycles. The SMILES string of the molecule is CN(C)S(=O)(=O)c1ccc(CCNC(=O)c2cccc3c2CN(Cc2ccccc2)CC(=O)NCCCCCO3)cc1. The summed E-state index contributed by atoms with van der Waals surface area (Å²) in [6.45, 7) is 2.65. The highest BCUT2D eigenvalue weighted by Gasteiger charge is 2.21. The number of nitrogens with one attached hydrogen (secondary N) is 2. The van der Waals surface area contributed by atoms with Crippen molar-refractivity contribution in [3.05, 3.63) is 95.1 Å². The molecule has 224 valence electrons. The lowest BCUT2D eigenvalue weighted by atomic mass is 10.0. The minimum atomic E-state index is -3.49. The standard InChI is InChI=1S/C32H40N4O5S/c1-35(2)42(39,40)27-16-14-25(15-17-27)18-20-34-32(38)28-12-9-13-30-29(28)23-36(22-26-10-5-3-6-11-26)24-31(37)33-19-7-4-8-21-41-30/h3,5-6,9-17H,4,7-8,18-24H2,1-2H3,(H,33,37)(H,34,38). The van der Waals surface area contributed by atoms with Crippen LogP contribution in [0.1, 0.15) is 46.3 Å². The predicted octanol–water partition coefficient (Wildman–Crippen LogP) is 3.59. The molecule has 1 aliphatic heterocycles. The summed E-state index contributed by atoms with van der Waals surface area (Å²) in [6.07, 6.45) is 3.22. The molecule has 2 amide bonds. The fourth-order valence-electron chi connectivity index (χ4n) is 4.84. The lowest BCUT2D eigenvalue weighted by molar-refractivity contribution is -0.122. The van der Waals surface area contributed by atoms with Crippen LogP contribution in [0.5, 0.6) is 5.75 Å². The average Bonchev–Trinajstić information content (AvgIpc) is 2.99. The fraction of sp³-hybridized carbons (Fsp3) is 0.375. The van der Waals surface area contributed by atoms with Gasteiger partial charge in [-0.2, -0.15) is 0 Å². The van der Waals surface area contributed by atoms with E-state index < -0.39 is 10.0 Å². The minimum absolute atomic E-state index is 0.0426. The van der Waals surface area contributed by atoms with Gasteiger partial charge < -0.3 is 15.4 Å². The van der Waals surface area contributed by atoms with Crippen LogP contribution in [0.3, 0.4) is 0 Å². The third-order valence-corrected chi connectivity index (χ3v) is 9.01. The van der Waals surface area contributed by atoms with Gasteiger partial charge in [0.1, 0.15) is 5.75 Å². The number of hydrogen-bond acceptors (Lipinski definition) is 6. The number of amides is 2. The normalized spacial score (nSPS) is 15.4. The Morgan fingerprint density at radius 2 is 1.69 bits per heavy atom. The highest BCUT2D eigenvalue weighted by Crippen LogP contribution is 2.26. The fourth-order valence-corrected chi connectivity index (χ4v) is 5.74. The van der Waals surface area contributed by atoms with Gasteiger partial charge >= 0.3 is 0 Å². The molecule has 0 bridgehead atoms. The largest absolute Gasteiger partial charge is 0.493 e. The van der Waals surface area contributed by atoms with Crippen molar-refractivity contribution in [3.63, 3.8) is 0 Å². The molecule has 0 saturated carbocycles. The highest BCUT2D eigenvalue weighted by atomic mass is 32.2. The van der Waals surface area contributed by atoms with Gasteiger partial charge in [0, 0.05) is 51.4 Å². The third kappa shape index (κ3) is 8.64. The summed E-state index contributed by atoms with van der Waals surface area (Å²) in [5.74, 6) is 0.382. The molecule has 1 heterocycles. The molecule has 10 heteroatoms. The van der Waals surface area contributed by atoms with Crippen molar-refractivity contribution in [1.82, 2.24) is 19.8 Å². The first-order valence-electron chi connectivity index (χ1n) is 14.3. The molecule has 2 N–H and O–H groups in total. The monoisotopic (exact) mass is 592 g/mol. The zero-order valence-electron chi connectivity index (χ0n) is 24.3. The Balaban J connectivity index is 1.51. The molecule has 0 atom stereocenters. The van der Waals surface area contributed by atoms with Crippen LogP contribution in [0.2, 0.25) is 0 Å². The number of sulfonamides is 1. The summed E-state index contributed by atoms with van der Waals surface area (Å²) in [7, 11) is -0.496. The Morgan fingerprint density at radius 3 is 2.43 bits per heavy atom. The first-order chi connectivity index (χ1) is 20.2. The van der Waals surface area contributed by atoms with Gasteiger partial charge in [0.15, 0.2) is 0 Å². The van der Waals surface area contributed by atoms with Crippen molar-refractivity contribution in [2.24, 2.45) is 0 Å². The van der Waals surface area contributed by atoms with E-state index in [-0.39, 0.29) is 23.3 Å². The lowest BCUT2D eigenvalue weighted by Crippen LogP contribution is -2.37. The van der Waals surface area contributed by atoms with E-state index in [1.54, 1.807) is 30.3 Å². The predicted molar refractivity (Wildman–Crippen MR) is 163 cm³/mol. The van der Waals surface area contributed by atoms with E-state index >= 15 is 0 Å². The molecule has 0 spiro atoms. The molecule has 1 aliphatic rings. The number of carbonyl (C=O) groups is 2. The first-order valence-corrected chi connectivity index (χ1v) is 15.8. The van der Waals surface area contributed by atoms with Crippen LogP contribution >= 0.6 is 0 Å². The molecular weight excluding hydrogens is 552 g/mol. The Bertz CT molecular complexity index is 1440. The van der Waals surface area contributed by atoms with Crippen LogP contribution in [0.25, 0.3) is 0 Å². The zero-order valence-corrected chi connectivity index (χ0v) is 25.2. The van der Waals surface area contributed by atoms with E-state index in [2.05, 4.69) is 10.6 Å². The summed E-state index contributed by atoms with van der Waals surface area (Å²) in [5.41, 5.74) is 3.24. The Labute approximate surface area is 248 Å². The van der Waals surface area contributed by atoms with Crippen molar-refractivity contribution in [3.8, 4) is 5.75 Å². The van der Waals surface area contributed by atoms with Crippen LogP contribution in [0, 0.1) is 0 Å². The maximum absolute atomic E-state index is 13.5. The van der Waals surface area contributed by atoms with Gasteiger partial charge in [-0.25, -0.2) is 12.7 Å². The highest BCUT2D eigenvalue weighted by molar-refractivity contribution is 7.89. The summed E-state index contributed by atoms with van der Waals surface area (Å²) in [6, 6.07) is 22.2. The van der Waals surface area contributed by atoms with Crippen molar-refractivity contribution >= 4 is 21.8 Å². The molecule has 3 aromatic rings. The van der Waals surface area contributed by atoms with E-state index in [1.807, 2.05) is 47.4 Å². The quantitative estimate of drug-likeness (QED) is 0.414. The number of carbonyl (C=O) groups excluding carboxylic acids is 2. The topological polar surface area (TPSA) is 108 Å². The maximum atomic E-state index is 13.5. The Morgan fingerprint density at radius 1 is 0.929 bits per heavy atom. The minimum Gasteiger partial charge on any atom is -0.493 e. The van der Waals surface area contributed by atoms with Gasteiger partial charge in [0.05, 0.1) is 18.0 Å². The number of ether oxygens (including phenoxy) is 1. The van der Waals surface area contributed by atoms with E-state index in [9.17, 15) is 18.0 Å². The summed E-state index contributed by atoms with van der Waals surface area (Å²) < 4.78 is 32.0. The summed E-state index contributed by atoms with van der Waals surface area (Å²) in [5, 5.41) is 6.03. The van der Waals surface area contributed by atoms with Crippen molar-refractivity contribution in [2.75, 3.05) is 40.3 Å². The Hall–Kier alpha value is -3.73. The van der Waals surface area contributed by atoms with Crippen molar-refractivity contribution < 1.29 is 22.7 Å². The van der Waals surface area contributed by atoms with Gasteiger partial charge in [-0.1, -0.05) is 48.5 Å². The van der Waals surface area contributed by atoms with Crippen LogP contribution < -0.4 is 15.4 Å². The molecule has 0 unspecified atom stereocenters. The van der Waals surface area contributed by atoms with Gasteiger partial charge in [0.25, 0.3) is 5.91 Å². The van der Waals surface area contributed by atoms with Crippen LogP contribution in [-0.4, -0.2) is 69.8 Å². The average molecular weight is 593 g/mol. The van der Waals surface area contributed by atoms with Crippen LogP contribution in [0.4, 0.5) is 0 Å². The van der Waals surface area contributed by atoms with E-state index in [1.165, 1.54) is 18.4 Å². The van der Waals surface area contributed by atoms with Gasteiger partial charge in [-0.15, -0.1) is 0 Å². The second-order valence-corrected chi connectivity index (χ2v) is 12.8. The number of benzene rings is 3. The van der Waals surface area contributed by atoms with Crippen molar-refractivity contribution in [2.45, 2.75) is 43.7 Å². The molecule has 4 rings (SSSR count). The second kappa shape index (κ2) is 14.9. The molecule has 0 saturated heterocycles. The third-order valence-electron chi connectivity index (χ3n) is 7.18. The van der Waals surface area contributed by atoms with E-state index in [4.69, 9.17) is 4.74 Å². The number of rotatable bonds is 8. The summed E-state index contributed by atoms with van der Waals surface area (Å²) in [4.78, 5) is 28.5. The van der Waals surface area contributed by atoms with E-state index in [0.29, 0.717) is 50.5 Å². The van der Waals surface area contributed by atoms with Gasteiger partial charge in [-0.05, 0) is 61.1 Å².